The van der Waals surface area contributed by atoms with Crippen molar-refractivity contribution in [1.29, 1.82) is 0 Å². The van der Waals surface area contributed by atoms with Crippen LogP contribution in [0, 0.1) is 10.1 Å². The lowest BCUT2D eigenvalue weighted by Gasteiger charge is -2.37. The molecule has 1 amide bonds. The van der Waals surface area contributed by atoms with Gasteiger partial charge in [0.2, 0.25) is 5.91 Å². The van der Waals surface area contributed by atoms with Crippen LogP contribution >= 0.6 is 11.8 Å². The van der Waals surface area contributed by atoms with Crippen LogP contribution in [-0.4, -0.2) is 45.9 Å². The standard InChI is InChI=1S/C17H25N3O3S/c1-3-8-17(2,16(21)19-9-11-24-12-10-19)18-13-14-4-6-15(7-5-14)20(22)23/h4-7,18H,3,8-13H2,1-2H3. The quantitative estimate of drug-likeness (QED) is 0.604. The Morgan fingerprint density at radius 2 is 1.96 bits per heavy atom. The molecule has 24 heavy (non-hydrogen) atoms. The van der Waals surface area contributed by atoms with Gasteiger partial charge in [-0.05, 0) is 18.9 Å². The fraction of sp³-hybridized carbons (Fsp3) is 0.588. The summed E-state index contributed by atoms with van der Waals surface area (Å²) in [6.07, 6.45) is 1.68. The number of rotatable bonds is 7. The van der Waals surface area contributed by atoms with E-state index in [1.54, 1.807) is 12.1 Å². The van der Waals surface area contributed by atoms with Gasteiger partial charge in [0.15, 0.2) is 0 Å². The second-order valence-electron chi connectivity index (χ2n) is 6.26. The Morgan fingerprint density at radius 3 is 2.50 bits per heavy atom. The summed E-state index contributed by atoms with van der Waals surface area (Å²) in [6, 6.07) is 6.47. The van der Waals surface area contributed by atoms with E-state index in [2.05, 4.69) is 12.2 Å². The molecule has 6 nitrogen and oxygen atoms in total. The van der Waals surface area contributed by atoms with Crippen LogP contribution < -0.4 is 5.32 Å². The molecule has 7 heteroatoms. The molecule has 1 heterocycles. The molecule has 1 aromatic rings. The molecule has 1 fully saturated rings. The average Bonchev–Trinajstić information content (AvgIpc) is 2.60. The van der Waals surface area contributed by atoms with Crippen LogP contribution in [0.25, 0.3) is 0 Å². The van der Waals surface area contributed by atoms with E-state index < -0.39 is 10.5 Å². The molecule has 0 saturated carbocycles. The normalized spacial score (nSPS) is 17.3. The molecule has 0 aliphatic carbocycles. The molecule has 0 radical (unpaired) electrons. The molecule has 1 aliphatic heterocycles. The van der Waals surface area contributed by atoms with Crippen molar-refractivity contribution in [1.82, 2.24) is 10.2 Å². The van der Waals surface area contributed by atoms with E-state index in [0.29, 0.717) is 6.54 Å². The molecular formula is C17H25N3O3S. The second kappa shape index (κ2) is 8.48. The van der Waals surface area contributed by atoms with Crippen molar-refractivity contribution >= 4 is 23.4 Å². The summed E-state index contributed by atoms with van der Waals surface area (Å²) in [5.41, 5.74) is 0.417. The molecule has 1 saturated heterocycles. The Labute approximate surface area is 147 Å². The molecule has 1 N–H and O–H groups in total. The van der Waals surface area contributed by atoms with Gasteiger partial charge in [-0.25, -0.2) is 0 Å². The number of nitrogens with one attached hydrogen (secondary N) is 1. The Morgan fingerprint density at radius 1 is 1.33 bits per heavy atom. The van der Waals surface area contributed by atoms with Crippen LogP contribution in [0.4, 0.5) is 5.69 Å². The highest BCUT2D eigenvalue weighted by molar-refractivity contribution is 7.99. The van der Waals surface area contributed by atoms with Crippen molar-refractivity contribution in [2.24, 2.45) is 0 Å². The highest BCUT2D eigenvalue weighted by Crippen LogP contribution is 2.21. The summed E-state index contributed by atoms with van der Waals surface area (Å²) in [7, 11) is 0. The molecule has 1 aliphatic rings. The van der Waals surface area contributed by atoms with E-state index in [0.717, 1.165) is 43.0 Å². The average molecular weight is 351 g/mol. The lowest BCUT2D eigenvalue weighted by molar-refractivity contribution is -0.384. The largest absolute Gasteiger partial charge is 0.339 e. The first-order chi connectivity index (χ1) is 11.5. The predicted molar refractivity (Wildman–Crippen MR) is 97.2 cm³/mol. The third-order valence-corrected chi connectivity index (χ3v) is 5.29. The zero-order chi connectivity index (χ0) is 17.6. The van der Waals surface area contributed by atoms with E-state index in [-0.39, 0.29) is 11.6 Å². The smallest absolute Gasteiger partial charge is 0.269 e. The first kappa shape index (κ1) is 18.7. The van der Waals surface area contributed by atoms with Crippen LogP contribution in [0.2, 0.25) is 0 Å². The van der Waals surface area contributed by atoms with Crippen LogP contribution in [0.1, 0.15) is 32.3 Å². The van der Waals surface area contributed by atoms with Gasteiger partial charge in [-0.2, -0.15) is 11.8 Å². The Balaban J connectivity index is 2.03. The number of benzene rings is 1. The monoisotopic (exact) mass is 351 g/mol. The van der Waals surface area contributed by atoms with Crippen molar-refractivity contribution in [2.75, 3.05) is 24.6 Å². The number of carbonyl (C=O) groups excluding carboxylic acids is 1. The van der Waals surface area contributed by atoms with Gasteiger partial charge >= 0.3 is 0 Å². The Hall–Kier alpha value is -1.60. The lowest BCUT2D eigenvalue weighted by atomic mass is 9.93. The van der Waals surface area contributed by atoms with E-state index >= 15 is 0 Å². The van der Waals surface area contributed by atoms with Gasteiger partial charge in [0, 0.05) is 43.3 Å². The first-order valence-electron chi connectivity index (χ1n) is 8.32. The Bertz CT molecular complexity index is 573. The molecule has 1 atom stereocenters. The Kier molecular flexibility index (Phi) is 6.62. The van der Waals surface area contributed by atoms with Gasteiger partial charge in [-0.15, -0.1) is 0 Å². The van der Waals surface area contributed by atoms with E-state index in [9.17, 15) is 14.9 Å². The van der Waals surface area contributed by atoms with Gasteiger partial charge in [0.25, 0.3) is 5.69 Å². The number of amides is 1. The van der Waals surface area contributed by atoms with Gasteiger partial charge in [-0.3, -0.25) is 20.2 Å². The van der Waals surface area contributed by atoms with Crippen LogP contribution in [0.15, 0.2) is 24.3 Å². The maximum absolute atomic E-state index is 12.9. The summed E-state index contributed by atoms with van der Waals surface area (Å²) < 4.78 is 0. The maximum atomic E-state index is 12.9. The number of hydrogen-bond acceptors (Lipinski definition) is 5. The number of nitro groups is 1. The first-order valence-corrected chi connectivity index (χ1v) is 9.47. The minimum Gasteiger partial charge on any atom is -0.339 e. The molecule has 0 aromatic heterocycles. The lowest BCUT2D eigenvalue weighted by Crippen LogP contribution is -2.57. The fourth-order valence-electron chi connectivity index (χ4n) is 2.92. The number of thioether (sulfide) groups is 1. The van der Waals surface area contributed by atoms with Crippen LogP contribution in [0.5, 0.6) is 0 Å². The highest BCUT2D eigenvalue weighted by Gasteiger charge is 2.35. The van der Waals surface area contributed by atoms with E-state index in [4.69, 9.17) is 0 Å². The maximum Gasteiger partial charge on any atom is 0.269 e. The molecule has 1 aromatic carbocycles. The topological polar surface area (TPSA) is 75.5 Å². The summed E-state index contributed by atoms with van der Waals surface area (Å²) in [5.74, 6) is 2.15. The minimum atomic E-state index is -0.599. The summed E-state index contributed by atoms with van der Waals surface area (Å²) in [4.78, 5) is 25.2. The van der Waals surface area contributed by atoms with E-state index in [1.807, 2.05) is 23.6 Å². The molecule has 0 spiro atoms. The molecule has 132 valence electrons. The summed E-state index contributed by atoms with van der Waals surface area (Å²) in [6.45, 7) is 6.17. The zero-order valence-electron chi connectivity index (χ0n) is 14.3. The van der Waals surface area contributed by atoms with Crippen molar-refractivity contribution in [3.05, 3.63) is 39.9 Å². The third-order valence-electron chi connectivity index (χ3n) is 4.35. The molecule has 1 unspecified atom stereocenters. The second-order valence-corrected chi connectivity index (χ2v) is 7.49. The zero-order valence-corrected chi connectivity index (χ0v) is 15.1. The van der Waals surface area contributed by atoms with Crippen molar-refractivity contribution < 1.29 is 9.72 Å². The van der Waals surface area contributed by atoms with Crippen molar-refractivity contribution in [2.45, 2.75) is 38.8 Å². The molecule has 0 bridgehead atoms. The fourth-order valence-corrected chi connectivity index (χ4v) is 3.82. The van der Waals surface area contributed by atoms with Crippen LogP contribution in [0.3, 0.4) is 0 Å². The SMILES string of the molecule is CCCC(C)(NCc1ccc([N+](=O)[O-])cc1)C(=O)N1CCSCC1. The van der Waals surface area contributed by atoms with Crippen LogP contribution in [-0.2, 0) is 11.3 Å². The number of carbonyl (C=O) groups is 1. The van der Waals surface area contributed by atoms with Gasteiger partial charge in [0.1, 0.15) is 0 Å². The number of nitrogens with zero attached hydrogens (tertiary/aromatic N) is 2. The van der Waals surface area contributed by atoms with Crippen molar-refractivity contribution in [3.63, 3.8) is 0 Å². The third kappa shape index (κ3) is 4.70. The summed E-state index contributed by atoms with van der Waals surface area (Å²) >= 11 is 1.88. The number of hydrogen-bond donors (Lipinski definition) is 1. The highest BCUT2D eigenvalue weighted by atomic mass is 32.2. The van der Waals surface area contributed by atoms with Gasteiger partial charge < -0.3 is 4.90 Å². The minimum absolute atomic E-state index is 0.0805. The number of non-ortho nitro benzene ring substituents is 1. The number of nitro benzene ring substituents is 1. The van der Waals surface area contributed by atoms with Crippen molar-refractivity contribution in [3.8, 4) is 0 Å². The summed E-state index contributed by atoms with van der Waals surface area (Å²) in [5, 5.41) is 14.1. The van der Waals surface area contributed by atoms with Gasteiger partial charge in [-0.1, -0.05) is 25.5 Å². The molecule has 2 rings (SSSR count). The molecular weight excluding hydrogens is 326 g/mol. The van der Waals surface area contributed by atoms with E-state index in [1.165, 1.54) is 12.1 Å². The van der Waals surface area contributed by atoms with Gasteiger partial charge in [0.05, 0.1) is 10.5 Å². The predicted octanol–water partition coefficient (Wildman–Crippen LogP) is 2.82.